The Kier molecular flexibility index (Phi) is 6.08. The molecule has 0 aliphatic heterocycles. The molecule has 19 heavy (non-hydrogen) atoms. The number of nitrogens with one attached hydrogen (secondary N) is 1. The molecule has 6 heteroatoms. The third-order valence-corrected chi connectivity index (χ3v) is 3.72. The summed E-state index contributed by atoms with van der Waals surface area (Å²) in [6.07, 6.45) is 4.34. The average Bonchev–Trinajstić information content (AvgIpc) is 2.43. The minimum absolute atomic E-state index is 0.0536. The minimum Gasteiger partial charge on any atom is -0.371 e. The van der Waals surface area contributed by atoms with Crippen LogP contribution in [0.1, 0.15) is 23.7 Å². The van der Waals surface area contributed by atoms with Crippen LogP contribution >= 0.6 is 11.8 Å². The number of hydrogen-bond donors (Lipinski definition) is 1. The zero-order valence-electron chi connectivity index (χ0n) is 11.7. The molecule has 0 bridgehead atoms. The van der Waals surface area contributed by atoms with Gasteiger partial charge in [-0.2, -0.15) is 11.8 Å². The van der Waals surface area contributed by atoms with Crippen molar-refractivity contribution in [3.05, 3.63) is 23.6 Å². The zero-order chi connectivity index (χ0) is 14.4. The summed E-state index contributed by atoms with van der Waals surface area (Å²) in [6, 6.07) is 1.49. The minimum atomic E-state index is -0.598. The van der Waals surface area contributed by atoms with Crippen LogP contribution in [-0.4, -0.2) is 47.9 Å². The molecule has 0 saturated carbocycles. The summed E-state index contributed by atoms with van der Waals surface area (Å²) < 4.78 is 14.0. The summed E-state index contributed by atoms with van der Waals surface area (Å²) in [7, 11) is 3.27. The predicted octanol–water partition coefficient (Wildman–Crippen LogP) is 2.48. The van der Waals surface area contributed by atoms with Gasteiger partial charge in [-0.15, -0.1) is 0 Å². The van der Waals surface area contributed by atoms with Gasteiger partial charge in [-0.1, -0.05) is 0 Å². The molecule has 1 aromatic rings. The highest BCUT2D eigenvalue weighted by Gasteiger charge is 2.22. The number of carbonyl (C=O) groups is 1. The summed E-state index contributed by atoms with van der Waals surface area (Å²) in [5.74, 6) is 0.152. The number of thioether (sulfide) groups is 1. The quantitative estimate of drug-likeness (QED) is 0.872. The molecule has 1 heterocycles. The van der Waals surface area contributed by atoms with E-state index in [-0.39, 0.29) is 23.3 Å². The Balaban J connectivity index is 2.88. The lowest BCUT2D eigenvalue weighted by molar-refractivity contribution is 0.0736. The largest absolute Gasteiger partial charge is 0.371 e. The lowest BCUT2D eigenvalue weighted by Crippen LogP contribution is -2.36. The first-order chi connectivity index (χ1) is 9.02. The van der Waals surface area contributed by atoms with Crippen molar-refractivity contribution in [2.75, 3.05) is 31.4 Å². The molecule has 0 aromatic carbocycles. The van der Waals surface area contributed by atoms with Crippen LogP contribution in [0.2, 0.25) is 0 Å². The van der Waals surface area contributed by atoms with Crippen molar-refractivity contribution in [1.29, 1.82) is 0 Å². The van der Waals surface area contributed by atoms with Crippen molar-refractivity contribution in [2.45, 2.75) is 19.4 Å². The molecule has 0 aliphatic rings. The van der Waals surface area contributed by atoms with Gasteiger partial charge in [0.1, 0.15) is 0 Å². The van der Waals surface area contributed by atoms with Crippen molar-refractivity contribution >= 4 is 23.5 Å². The highest BCUT2D eigenvalue weighted by molar-refractivity contribution is 7.98. The Bertz CT molecular complexity index is 442. The van der Waals surface area contributed by atoms with Crippen molar-refractivity contribution in [1.82, 2.24) is 9.88 Å². The maximum atomic E-state index is 14.0. The number of pyridine rings is 1. The molecule has 1 amide bonds. The highest BCUT2D eigenvalue weighted by Crippen LogP contribution is 2.17. The number of aromatic nitrogens is 1. The van der Waals surface area contributed by atoms with Crippen LogP contribution in [0.15, 0.2) is 12.3 Å². The monoisotopic (exact) mass is 285 g/mol. The van der Waals surface area contributed by atoms with Crippen LogP contribution < -0.4 is 5.32 Å². The highest BCUT2D eigenvalue weighted by atomic mass is 32.2. The molecule has 0 spiro atoms. The molecule has 106 valence electrons. The maximum Gasteiger partial charge on any atom is 0.257 e. The van der Waals surface area contributed by atoms with Gasteiger partial charge in [-0.25, -0.2) is 9.37 Å². The third-order valence-electron chi connectivity index (χ3n) is 3.08. The van der Waals surface area contributed by atoms with E-state index in [1.165, 1.54) is 12.3 Å². The molecule has 0 radical (unpaired) electrons. The molecule has 0 saturated heterocycles. The summed E-state index contributed by atoms with van der Waals surface area (Å²) in [5, 5.41) is 2.63. The van der Waals surface area contributed by atoms with E-state index in [1.54, 1.807) is 30.8 Å². The van der Waals surface area contributed by atoms with Crippen LogP contribution in [0, 0.1) is 5.82 Å². The first kappa shape index (κ1) is 15.8. The molecule has 1 N–H and O–H groups in total. The van der Waals surface area contributed by atoms with Crippen molar-refractivity contribution in [3.8, 4) is 0 Å². The molecule has 1 aromatic heterocycles. The third kappa shape index (κ3) is 3.83. The number of rotatable bonds is 6. The fourth-order valence-electron chi connectivity index (χ4n) is 1.66. The van der Waals surface area contributed by atoms with Gasteiger partial charge < -0.3 is 10.2 Å². The van der Waals surface area contributed by atoms with Crippen molar-refractivity contribution < 1.29 is 9.18 Å². The molecule has 1 atom stereocenters. The van der Waals surface area contributed by atoms with Gasteiger partial charge in [0.2, 0.25) is 0 Å². The second kappa shape index (κ2) is 7.33. The lowest BCUT2D eigenvalue weighted by Gasteiger charge is -2.25. The zero-order valence-corrected chi connectivity index (χ0v) is 12.6. The summed E-state index contributed by atoms with van der Waals surface area (Å²) in [6.45, 7) is 1.96. The second-order valence-corrected chi connectivity index (χ2v) is 5.30. The average molecular weight is 285 g/mol. The van der Waals surface area contributed by atoms with Crippen LogP contribution in [0.3, 0.4) is 0 Å². The fourth-order valence-corrected chi connectivity index (χ4v) is 2.23. The van der Waals surface area contributed by atoms with Crippen molar-refractivity contribution in [3.63, 3.8) is 0 Å². The Morgan fingerprint density at radius 2 is 2.32 bits per heavy atom. The predicted molar refractivity (Wildman–Crippen MR) is 78.3 cm³/mol. The fraction of sp³-hybridized carbons (Fsp3) is 0.538. The van der Waals surface area contributed by atoms with Crippen LogP contribution in [0.25, 0.3) is 0 Å². The molecular formula is C13H20FN3OS. The van der Waals surface area contributed by atoms with E-state index < -0.39 is 5.82 Å². The molecule has 1 rings (SSSR count). The Hall–Kier alpha value is -1.30. The van der Waals surface area contributed by atoms with E-state index in [9.17, 15) is 9.18 Å². The van der Waals surface area contributed by atoms with Crippen molar-refractivity contribution in [2.24, 2.45) is 0 Å². The van der Waals surface area contributed by atoms with Gasteiger partial charge in [0.25, 0.3) is 5.91 Å². The van der Waals surface area contributed by atoms with E-state index in [0.717, 1.165) is 12.2 Å². The first-order valence-corrected chi connectivity index (χ1v) is 7.50. The number of anilines is 1. The Labute approximate surface area is 117 Å². The van der Waals surface area contributed by atoms with Crippen LogP contribution in [0.4, 0.5) is 10.2 Å². The van der Waals surface area contributed by atoms with E-state index in [1.807, 2.05) is 13.2 Å². The van der Waals surface area contributed by atoms with Gasteiger partial charge in [-0.3, -0.25) is 4.79 Å². The normalized spacial score (nSPS) is 12.1. The number of hydrogen-bond acceptors (Lipinski definition) is 4. The molecule has 4 nitrogen and oxygen atoms in total. The number of nitrogens with zero attached hydrogens (tertiary/aromatic N) is 2. The van der Waals surface area contributed by atoms with Crippen LogP contribution in [0.5, 0.6) is 0 Å². The standard InChI is InChI=1S/C13H20FN3OS/c1-9(6-8-19-4)17(3)13(18)10-5-7-16-12(15-2)11(10)14/h5,7,9H,6,8H2,1-4H3,(H,15,16). The van der Waals surface area contributed by atoms with Gasteiger partial charge in [0, 0.05) is 26.3 Å². The SMILES string of the molecule is CNc1nccc(C(=O)N(C)C(C)CCSC)c1F. The lowest BCUT2D eigenvalue weighted by atomic mass is 10.1. The van der Waals surface area contributed by atoms with E-state index >= 15 is 0 Å². The smallest absolute Gasteiger partial charge is 0.257 e. The molecule has 0 aliphatic carbocycles. The number of halogens is 1. The van der Waals surface area contributed by atoms with Gasteiger partial charge in [0.05, 0.1) is 5.56 Å². The maximum absolute atomic E-state index is 14.0. The summed E-state index contributed by atoms with van der Waals surface area (Å²) >= 11 is 1.73. The summed E-state index contributed by atoms with van der Waals surface area (Å²) in [5.41, 5.74) is 0.0536. The van der Waals surface area contributed by atoms with Gasteiger partial charge in [-0.05, 0) is 31.4 Å². The van der Waals surface area contributed by atoms with Gasteiger partial charge >= 0.3 is 0 Å². The first-order valence-electron chi connectivity index (χ1n) is 6.11. The summed E-state index contributed by atoms with van der Waals surface area (Å²) in [4.78, 5) is 17.7. The van der Waals surface area contributed by atoms with Crippen LogP contribution in [-0.2, 0) is 0 Å². The van der Waals surface area contributed by atoms with E-state index in [4.69, 9.17) is 0 Å². The Morgan fingerprint density at radius 1 is 1.63 bits per heavy atom. The number of carbonyl (C=O) groups excluding carboxylic acids is 1. The molecular weight excluding hydrogens is 265 g/mol. The second-order valence-electron chi connectivity index (χ2n) is 4.32. The topological polar surface area (TPSA) is 45.2 Å². The van der Waals surface area contributed by atoms with Gasteiger partial charge in [0.15, 0.2) is 11.6 Å². The van der Waals surface area contributed by atoms with E-state index in [0.29, 0.717) is 0 Å². The molecule has 0 fully saturated rings. The Morgan fingerprint density at radius 3 is 2.89 bits per heavy atom. The molecule has 1 unspecified atom stereocenters. The van der Waals surface area contributed by atoms with E-state index in [2.05, 4.69) is 10.3 Å². The number of amides is 1.